The van der Waals surface area contributed by atoms with Crippen LogP contribution in [0.25, 0.3) is 0 Å². The quantitative estimate of drug-likeness (QED) is 0.775. The van der Waals surface area contributed by atoms with Crippen LogP contribution in [0.15, 0.2) is 24.3 Å². The number of anilines is 1. The van der Waals surface area contributed by atoms with Crippen molar-refractivity contribution in [3.05, 3.63) is 24.3 Å². The van der Waals surface area contributed by atoms with Gasteiger partial charge in [0.25, 0.3) is 0 Å². The van der Waals surface area contributed by atoms with E-state index in [9.17, 15) is 4.79 Å². The number of nitrogens with one attached hydrogen (secondary N) is 1. The van der Waals surface area contributed by atoms with Crippen molar-refractivity contribution in [2.24, 2.45) is 5.73 Å². The summed E-state index contributed by atoms with van der Waals surface area (Å²) in [5.74, 6) is 0.367. The summed E-state index contributed by atoms with van der Waals surface area (Å²) in [6.45, 7) is 0.459. The van der Waals surface area contributed by atoms with E-state index in [1.165, 1.54) is 0 Å². The second kappa shape index (κ2) is 6.88. The number of nitrogens with two attached hydrogens (primary N) is 1. The molecule has 1 amide bonds. The molecule has 0 saturated carbocycles. The Morgan fingerprint density at radius 1 is 1.41 bits per heavy atom. The molecule has 0 fully saturated rings. The van der Waals surface area contributed by atoms with Crippen LogP contribution < -0.4 is 15.8 Å². The van der Waals surface area contributed by atoms with Gasteiger partial charge < -0.3 is 20.5 Å². The molecule has 0 aliphatic rings. The van der Waals surface area contributed by atoms with Crippen molar-refractivity contribution < 1.29 is 14.3 Å². The van der Waals surface area contributed by atoms with Gasteiger partial charge in [-0.05, 0) is 18.6 Å². The molecule has 1 aromatic carbocycles. The van der Waals surface area contributed by atoms with Gasteiger partial charge in [-0.3, -0.25) is 4.79 Å². The largest absolute Gasteiger partial charge is 0.495 e. The Morgan fingerprint density at radius 2 is 2.12 bits per heavy atom. The molecule has 1 unspecified atom stereocenters. The van der Waals surface area contributed by atoms with Crippen LogP contribution in [0.3, 0.4) is 0 Å². The molecular weight excluding hydrogens is 220 g/mol. The molecule has 94 valence electrons. The van der Waals surface area contributed by atoms with E-state index < -0.39 is 6.04 Å². The molecule has 1 aromatic rings. The Hall–Kier alpha value is -1.59. The third-order valence-corrected chi connectivity index (χ3v) is 2.33. The maximum atomic E-state index is 11.7. The predicted octanol–water partition coefficient (Wildman–Crippen LogP) is 0.997. The van der Waals surface area contributed by atoms with Crippen LogP contribution in [-0.4, -0.2) is 32.8 Å². The number of rotatable bonds is 6. The van der Waals surface area contributed by atoms with Gasteiger partial charge in [-0.1, -0.05) is 12.1 Å². The van der Waals surface area contributed by atoms with Crippen molar-refractivity contribution in [3.8, 4) is 5.75 Å². The number of benzene rings is 1. The lowest BCUT2D eigenvalue weighted by Crippen LogP contribution is -2.36. The Balaban J connectivity index is 2.61. The van der Waals surface area contributed by atoms with Gasteiger partial charge in [-0.15, -0.1) is 0 Å². The minimum atomic E-state index is -0.583. The summed E-state index contributed by atoms with van der Waals surface area (Å²) in [7, 11) is 3.13. The van der Waals surface area contributed by atoms with Crippen molar-refractivity contribution in [3.63, 3.8) is 0 Å². The van der Waals surface area contributed by atoms with E-state index in [1.54, 1.807) is 26.4 Å². The molecule has 0 bridgehead atoms. The first-order valence-corrected chi connectivity index (χ1v) is 5.37. The molecule has 0 spiro atoms. The van der Waals surface area contributed by atoms with Gasteiger partial charge in [-0.25, -0.2) is 0 Å². The smallest absolute Gasteiger partial charge is 0.241 e. The minimum absolute atomic E-state index is 0.244. The molecule has 1 atom stereocenters. The number of para-hydroxylation sites is 2. The number of methoxy groups -OCH3 is 2. The normalized spacial score (nSPS) is 11.9. The van der Waals surface area contributed by atoms with Crippen LogP contribution in [0.4, 0.5) is 5.69 Å². The number of carbonyl (C=O) groups excluding carboxylic acids is 1. The van der Waals surface area contributed by atoms with Crippen LogP contribution in [0.2, 0.25) is 0 Å². The fraction of sp³-hybridized carbons (Fsp3) is 0.417. The molecule has 5 nitrogen and oxygen atoms in total. The molecule has 0 aliphatic heterocycles. The summed E-state index contributed by atoms with van der Waals surface area (Å²) in [6, 6.07) is 6.61. The van der Waals surface area contributed by atoms with Gasteiger partial charge >= 0.3 is 0 Å². The molecule has 0 heterocycles. The van der Waals surface area contributed by atoms with Crippen molar-refractivity contribution in [1.29, 1.82) is 0 Å². The summed E-state index contributed by atoms with van der Waals surface area (Å²) in [5, 5.41) is 2.73. The zero-order valence-corrected chi connectivity index (χ0v) is 10.1. The molecule has 17 heavy (non-hydrogen) atoms. The zero-order valence-electron chi connectivity index (χ0n) is 10.1. The lowest BCUT2D eigenvalue weighted by molar-refractivity contribution is -0.117. The molecule has 0 aromatic heterocycles. The average Bonchev–Trinajstić information content (AvgIpc) is 2.36. The van der Waals surface area contributed by atoms with Crippen LogP contribution in [0.5, 0.6) is 5.75 Å². The summed E-state index contributed by atoms with van der Waals surface area (Å²) < 4.78 is 10.00. The highest BCUT2D eigenvalue weighted by Gasteiger charge is 2.14. The Morgan fingerprint density at radius 3 is 2.76 bits per heavy atom. The standard InChI is InChI=1S/C12H18N2O3/c1-16-8-7-9(13)12(15)14-10-5-3-4-6-11(10)17-2/h3-6,9H,7-8,13H2,1-2H3,(H,14,15). The Labute approximate surface area is 101 Å². The lowest BCUT2D eigenvalue weighted by Gasteiger charge is -2.13. The van der Waals surface area contributed by atoms with Gasteiger partial charge in [-0.2, -0.15) is 0 Å². The van der Waals surface area contributed by atoms with Crippen molar-refractivity contribution in [2.75, 3.05) is 26.1 Å². The van der Waals surface area contributed by atoms with E-state index in [0.717, 1.165) is 0 Å². The SMILES string of the molecule is COCCC(N)C(=O)Nc1ccccc1OC. The Kier molecular flexibility index (Phi) is 5.45. The maximum Gasteiger partial charge on any atom is 0.241 e. The van der Waals surface area contributed by atoms with E-state index in [-0.39, 0.29) is 5.91 Å². The van der Waals surface area contributed by atoms with Gasteiger partial charge in [0.2, 0.25) is 5.91 Å². The second-order valence-corrected chi connectivity index (χ2v) is 3.58. The summed E-state index contributed by atoms with van der Waals surface area (Å²) in [4.78, 5) is 11.7. The minimum Gasteiger partial charge on any atom is -0.495 e. The van der Waals surface area contributed by atoms with E-state index >= 15 is 0 Å². The monoisotopic (exact) mass is 238 g/mol. The van der Waals surface area contributed by atoms with Crippen molar-refractivity contribution >= 4 is 11.6 Å². The van der Waals surface area contributed by atoms with E-state index in [2.05, 4.69) is 5.32 Å². The fourth-order valence-electron chi connectivity index (χ4n) is 1.35. The summed E-state index contributed by atoms with van der Waals surface area (Å²) in [5.41, 5.74) is 6.33. The fourth-order valence-corrected chi connectivity index (χ4v) is 1.35. The number of hydrogen-bond donors (Lipinski definition) is 2. The van der Waals surface area contributed by atoms with Gasteiger partial charge in [0.15, 0.2) is 0 Å². The van der Waals surface area contributed by atoms with Crippen LogP contribution in [0.1, 0.15) is 6.42 Å². The number of amides is 1. The molecule has 0 radical (unpaired) electrons. The molecule has 0 saturated heterocycles. The zero-order chi connectivity index (χ0) is 12.7. The number of hydrogen-bond acceptors (Lipinski definition) is 4. The predicted molar refractivity (Wildman–Crippen MR) is 66.1 cm³/mol. The van der Waals surface area contributed by atoms with Crippen LogP contribution in [-0.2, 0) is 9.53 Å². The highest BCUT2D eigenvalue weighted by Crippen LogP contribution is 2.22. The summed E-state index contributed by atoms with van der Waals surface area (Å²) in [6.07, 6.45) is 0.484. The molecule has 1 rings (SSSR count). The molecule has 5 heteroatoms. The topological polar surface area (TPSA) is 73.6 Å². The maximum absolute atomic E-state index is 11.7. The van der Waals surface area contributed by atoms with Gasteiger partial charge in [0, 0.05) is 13.7 Å². The molecular formula is C12H18N2O3. The van der Waals surface area contributed by atoms with Crippen LogP contribution in [0, 0.1) is 0 Å². The average molecular weight is 238 g/mol. The highest BCUT2D eigenvalue weighted by atomic mass is 16.5. The first-order valence-electron chi connectivity index (χ1n) is 5.37. The van der Waals surface area contributed by atoms with Crippen molar-refractivity contribution in [1.82, 2.24) is 0 Å². The first kappa shape index (κ1) is 13.5. The Bertz CT molecular complexity index is 369. The second-order valence-electron chi connectivity index (χ2n) is 3.58. The van der Waals surface area contributed by atoms with E-state index in [1.807, 2.05) is 12.1 Å². The summed E-state index contributed by atoms with van der Waals surface area (Å²) >= 11 is 0. The highest BCUT2D eigenvalue weighted by molar-refractivity contribution is 5.95. The molecule has 3 N–H and O–H groups in total. The van der Waals surface area contributed by atoms with Crippen LogP contribution >= 0.6 is 0 Å². The third kappa shape index (κ3) is 4.05. The number of ether oxygens (including phenoxy) is 2. The number of carbonyl (C=O) groups is 1. The third-order valence-electron chi connectivity index (χ3n) is 2.33. The van der Waals surface area contributed by atoms with Gasteiger partial charge in [0.05, 0.1) is 18.8 Å². The first-order chi connectivity index (χ1) is 8.19. The lowest BCUT2D eigenvalue weighted by atomic mass is 10.2. The van der Waals surface area contributed by atoms with E-state index in [0.29, 0.717) is 24.5 Å². The van der Waals surface area contributed by atoms with Gasteiger partial charge in [0.1, 0.15) is 5.75 Å². The van der Waals surface area contributed by atoms with Crippen molar-refractivity contribution in [2.45, 2.75) is 12.5 Å². The molecule has 0 aliphatic carbocycles. The van der Waals surface area contributed by atoms with E-state index in [4.69, 9.17) is 15.2 Å².